The third-order valence-electron chi connectivity index (χ3n) is 3.07. The number of rotatable bonds is 6. The highest BCUT2D eigenvalue weighted by Gasteiger charge is 2.10. The Kier molecular flexibility index (Phi) is 4.74. The van der Waals surface area contributed by atoms with Gasteiger partial charge >= 0.3 is 0 Å². The SMILES string of the molecule is CCNc1snnc1CN(C)c1ccc(CC)cc1. The topological polar surface area (TPSA) is 41.1 Å². The van der Waals surface area contributed by atoms with Crippen molar-refractivity contribution in [1.29, 1.82) is 0 Å². The van der Waals surface area contributed by atoms with E-state index in [0.29, 0.717) is 0 Å². The molecule has 1 aromatic carbocycles. The fraction of sp³-hybridized carbons (Fsp3) is 0.429. The minimum absolute atomic E-state index is 0.768. The minimum atomic E-state index is 0.768. The van der Waals surface area contributed by atoms with Crippen molar-refractivity contribution < 1.29 is 0 Å². The number of hydrogen-bond donors (Lipinski definition) is 1. The Balaban J connectivity index is 2.06. The summed E-state index contributed by atoms with van der Waals surface area (Å²) in [6.45, 7) is 5.91. The first kappa shape index (κ1) is 13.8. The fourth-order valence-electron chi connectivity index (χ4n) is 1.91. The van der Waals surface area contributed by atoms with Crippen LogP contribution >= 0.6 is 11.5 Å². The second-order valence-corrected chi connectivity index (χ2v) is 5.21. The summed E-state index contributed by atoms with van der Waals surface area (Å²) in [5.74, 6) is 0. The van der Waals surface area contributed by atoms with Crippen molar-refractivity contribution in [3.63, 3.8) is 0 Å². The number of nitrogens with one attached hydrogen (secondary N) is 1. The quantitative estimate of drug-likeness (QED) is 0.880. The van der Waals surface area contributed by atoms with E-state index in [9.17, 15) is 0 Å². The molecule has 0 unspecified atom stereocenters. The molecule has 0 spiro atoms. The Hall–Kier alpha value is -1.62. The molecule has 0 aliphatic rings. The van der Waals surface area contributed by atoms with Gasteiger partial charge in [-0.3, -0.25) is 0 Å². The average molecular weight is 276 g/mol. The van der Waals surface area contributed by atoms with Crippen LogP contribution in [-0.4, -0.2) is 23.2 Å². The molecule has 0 amide bonds. The second-order valence-electron chi connectivity index (χ2n) is 4.46. The van der Waals surface area contributed by atoms with Crippen molar-refractivity contribution in [3.8, 4) is 0 Å². The molecule has 0 saturated heterocycles. The smallest absolute Gasteiger partial charge is 0.135 e. The molecule has 0 fully saturated rings. The number of benzene rings is 1. The predicted octanol–water partition coefficient (Wildman–Crippen LogP) is 3.17. The van der Waals surface area contributed by atoms with E-state index in [1.807, 2.05) is 0 Å². The van der Waals surface area contributed by atoms with Gasteiger partial charge < -0.3 is 10.2 Å². The van der Waals surface area contributed by atoms with Gasteiger partial charge in [-0.2, -0.15) is 0 Å². The first-order chi connectivity index (χ1) is 9.24. The van der Waals surface area contributed by atoms with Gasteiger partial charge in [-0.25, -0.2) is 0 Å². The molecule has 0 saturated carbocycles. The van der Waals surface area contributed by atoms with Gasteiger partial charge in [0.15, 0.2) is 0 Å². The zero-order valence-electron chi connectivity index (χ0n) is 11.7. The van der Waals surface area contributed by atoms with Crippen molar-refractivity contribution in [2.24, 2.45) is 0 Å². The molecule has 102 valence electrons. The molecule has 2 rings (SSSR count). The Morgan fingerprint density at radius 2 is 1.95 bits per heavy atom. The summed E-state index contributed by atoms with van der Waals surface area (Å²) in [7, 11) is 2.08. The van der Waals surface area contributed by atoms with E-state index in [-0.39, 0.29) is 0 Å². The molecule has 0 radical (unpaired) electrons. The van der Waals surface area contributed by atoms with Crippen LogP contribution in [0.5, 0.6) is 0 Å². The van der Waals surface area contributed by atoms with Gasteiger partial charge in [-0.15, -0.1) is 5.10 Å². The number of aromatic nitrogens is 2. The van der Waals surface area contributed by atoms with Gasteiger partial charge in [0, 0.05) is 30.8 Å². The molecule has 4 nitrogen and oxygen atoms in total. The number of hydrogen-bond acceptors (Lipinski definition) is 5. The fourth-order valence-corrected chi connectivity index (χ4v) is 2.55. The molecule has 1 N–H and O–H groups in total. The molecule has 19 heavy (non-hydrogen) atoms. The molecule has 0 aliphatic heterocycles. The van der Waals surface area contributed by atoms with Crippen LogP contribution in [0.2, 0.25) is 0 Å². The maximum absolute atomic E-state index is 4.20. The molecule has 2 aromatic rings. The van der Waals surface area contributed by atoms with E-state index in [1.165, 1.54) is 22.8 Å². The molecule has 0 bridgehead atoms. The summed E-state index contributed by atoms with van der Waals surface area (Å²) < 4.78 is 4.02. The van der Waals surface area contributed by atoms with E-state index >= 15 is 0 Å². The second kappa shape index (κ2) is 6.52. The van der Waals surface area contributed by atoms with E-state index in [1.54, 1.807) is 0 Å². The first-order valence-corrected chi connectivity index (χ1v) is 7.37. The Morgan fingerprint density at radius 3 is 2.58 bits per heavy atom. The summed E-state index contributed by atoms with van der Waals surface area (Å²) in [5.41, 5.74) is 3.57. The Morgan fingerprint density at radius 1 is 1.21 bits per heavy atom. The van der Waals surface area contributed by atoms with Crippen molar-refractivity contribution in [3.05, 3.63) is 35.5 Å². The van der Waals surface area contributed by atoms with Crippen molar-refractivity contribution >= 4 is 22.2 Å². The van der Waals surface area contributed by atoms with Crippen LogP contribution in [0.1, 0.15) is 25.1 Å². The summed E-state index contributed by atoms with van der Waals surface area (Å²) >= 11 is 1.42. The van der Waals surface area contributed by atoms with E-state index in [4.69, 9.17) is 0 Å². The van der Waals surface area contributed by atoms with Gasteiger partial charge in [0.1, 0.15) is 10.7 Å². The standard InChI is InChI=1S/C14H20N4S/c1-4-11-6-8-12(9-7-11)18(3)10-13-14(15-5-2)19-17-16-13/h6-9,15H,4-5,10H2,1-3H3. The lowest BCUT2D eigenvalue weighted by atomic mass is 10.1. The highest BCUT2D eigenvalue weighted by molar-refractivity contribution is 7.10. The lowest BCUT2D eigenvalue weighted by molar-refractivity contribution is 0.871. The van der Waals surface area contributed by atoms with Gasteiger partial charge in [-0.05, 0) is 31.0 Å². The molecule has 1 aromatic heterocycles. The number of aryl methyl sites for hydroxylation is 1. The van der Waals surface area contributed by atoms with Crippen LogP contribution in [0, 0.1) is 0 Å². The predicted molar refractivity (Wildman–Crippen MR) is 82.0 cm³/mol. The third kappa shape index (κ3) is 3.44. The molecule has 0 atom stereocenters. The maximum Gasteiger partial charge on any atom is 0.135 e. The molecular weight excluding hydrogens is 256 g/mol. The van der Waals surface area contributed by atoms with Crippen molar-refractivity contribution in [1.82, 2.24) is 9.59 Å². The zero-order chi connectivity index (χ0) is 13.7. The zero-order valence-corrected chi connectivity index (χ0v) is 12.5. The summed E-state index contributed by atoms with van der Waals surface area (Å²) in [6.07, 6.45) is 1.07. The normalized spacial score (nSPS) is 10.5. The van der Waals surface area contributed by atoms with Crippen LogP contribution in [0.3, 0.4) is 0 Å². The Bertz CT molecular complexity index is 506. The van der Waals surface area contributed by atoms with E-state index in [2.05, 4.69) is 65.0 Å². The molecule has 5 heteroatoms. The first-order valence-electron chi connectivity index (χ1n) is 6.59. The number of anilines is 2. The highest BCUT2D eigenvalue weighted by atomic mass is 32.1. The maximum atomic E-state index is 4.20. The number of nitrogens with zero attached hydrogens (tertiary/aromatic N) is 3. The van der Waals surface area contributed by atoms with Crippen LogP contribution in [0.25, 0.3) is 0 Å². The lowest BCUT2D eigenvalue weighted by Gasteiger charge is -2.18. The monoisotopic (exact) mass is 276 g/mol. The van der Waals surface area contributed by atoms with Gasteiger partial charge in [0.05, 0.1) is 6.54 Å². The van der Waals surface area contributed by atoms with Gasteiger partial charge in [-0.1, -0.05) is 23.5 Å². The minimum Gasteiger partial charge on any atom is -0.374 e. The van der Waals surface area contributed by atoms with Crippen LogP contribution < -0.4 is 10.2 Å². The van der Waals surface area contributed by atoms with Crippen LogP contribution in [-0.2, 0) is 13.0 Å². The average Bonchev–Trinajstić information content (AvgIpc) is 2.86. The highest BCUT2D eigenvalue weighted by Crippen LogP contribution is 2.22. The summed E-state index contributed by atoms with van der Waals surface area (Å²) in [6, 6.07) is 8.67. The largest absolute Gasteiger partial charge is 0.374 e. The summed E-state index contributed by atoms with van der Waals surface area (Å²) in [5, 5.41) is 8.57. The van der Waals surface area contributed by atoms with Crippen LogP contribution in [0.4, 0.5) is 10.7 Å². The van der Waals surface area contributed by atoms with Crippen LogP contribution in [0.15, 0.2) is 24.3 Å². The lowest BCUT2D eigenvalue weighted by Crippen LogP contribution is -2.17. The summed E-state index contributed by atoms with van der Waals surface area (Å²) in [4.78, 5) is 2.19. The van der Waals surface area contributed by atoms with Gasteiger partial charge in [0.2, 0.25) is 0 Å². The van der Waals surface area contributed by atoms with E-state index < -0.39 is 0 Å². The van der Waals surface area contributed by atoms with Crippen molar-refractivity contribution in [2.45, 2.75) is 26.8 Å². The molecule has 0 aliphatic carbocycles. The van der Waals surface area contributed by atoms with Gasteiger partial charge in [0.25, 0.3) is 0 Å². The van der Waals surface area contributed by atoms with E-state index in [0.717, 1.165) is 30.2 Å². The molecule has 1 heterocycles. The molecular formula is C14H20N4S. The Labute approximate surface area is 118 Å². The third-order valence-corrected chi connectivity index (χ3v) is 3.79. The van der Waals surface area contributed by atoms with Crippen molar-refractivity contribution in [2.75, 3.05) is 23.8 Å².